The van der Waals surface area contributed by atoms with Crippen LogP contribution in [0.1, 0.15) is 30.0 Å². The van der Waals surface area contributed by atoms with E-state index in [1.165, 1.54) is 11.8 Å². The first kappa shape index (κ1) is 22.4. The molecule has 2 heterocycles. The number of para-hydroxylation sites is 1. The summed E-state index contributed by atoms with van der Waals surface area (Å²) in [6, 6.07) is 27.0. The maximum absolute atomic E-state index is 12.7. The van der Waals surface area contributed by atoms with Crippen molar-refractivity contribution in [1.29, 1.82) is 0 Å². The number of hydrogen-bond acceptors (Lipinski definition) is 5. The standard InChI is InChI=1S/C26H21ClN4O2S/c27-19-13-7-8-14-20(19)28-24(32)16-23-25(33)29-26(34-23)31-22(18-11-5-2-6-12-18)15-21(30-31)17-9-3-1-4-10-17/h1-14,22-23H,15-16H2,(H,28,32). The Morgan fingerprint density at radius 1 is 1.00 bits per heavy atom. The molecule has 8 heteroatoms. The van der Waals surface area contributed by atoms with E-state index >= 15 is 0 Å². The van der Waals surface area contributed by atoms with Crippen LogP contribution in [0.4, 0.5) is 5.69 Å². The van der Waals surface area contributed by atoms with Gasteiger partial charge in [0, 0.05) is 12.8 Å². The Kier molecular flexibility index (Phi) is 6.47. The van der Waals surface area contributed by atoms with Gasteiger partial charge in [-0.15, -0.1) is 0 Å². The second-order valence-electron chi connectivity index (χ2n) is 7.96. The molecule has 0 fully saturated rings. The van der Waals surface area contributed by atoms with Crippen LogP contribution in [0.15, 0.2) is 95.0 Å². The molecular weight excluding hydrogens is 468 g/mol. The second-order valence-corrected chi connectivity index (χ2v) is 9.54. The Morgan fingerprint density at radius 2 is 1.68 bits per heavy atom. The van der Waals surface area contributed by atoms with E-state index in [1.807, 2.05) is 53.5 Å². The minimum atomic E-state index is -0.607. The second kappa shape index (κ2) is 9.83. The summed E-state index contributed by atoms with van der Waals surface area (Å²) in [6.45, 7) is 0. The SMILES string of the molecule is O=C(CC1SC(N2N=C(c3ccccc3)CC2c2ccccc2)=NC1=O)Nc1ccccc1Cl. The van der Waals surface area contributed by atoms with Crippen molar-refractivity contribution in [3.63, 3.8) is 0 Å². The highest BCUT2D eigenvalue weighted by Gasteiger charge is 2.39. The lowest BCUT2D eigenvalue weighted by atomic mass is 9.99. The zero-order valence-electron chi connectivity index (χ0n) is 18.1. The van der Waals surface area contributed by atoms with E-state index in [1.54, 1.807) is 24.3 Å². The third-order valence-corrected chi connectivity index (χ3v) is 7.12. The molecule has 3 aromatic rings. The van der Waals surface area contributed by atoms with Crippen molar-refractivity contribution in [3.8, 4) is 0 Å². The fourth-order valence-electron chi connectivity index (χ4n) is 3.96. The Morgan fingerprint density at radius 3 is 2.41 bits per heavy atom. The molecule has 6 nitrogen and oxygen atoms in total. The lowest BCUT2D eigenvalue weighted by Crippen LogP contribution is -2.25. The fourth-order valence-corrected chi connectivity index (χ4v) is 5.21. The van der Waals surface area contributed by atoms with Crippen molar-refractivity contribution < 1.29 is 9.59 Å². The number of rotatable bonds is 5. The normalized spacial score (nSPS) is 19.7. The molecule has 0 aromatic heterocycles. The number of carbonyl (C=O) groups is 2. The van der Waals surface area contributed by atoms with Gasteiger partial charge >= 0.3 is 0 Å². The molecule has 0 saturated carbocycles. The Balaban J connectivity index is 1.34. The third kappa shape index (κ3) is 4.76. The highest BCUT2D eigenvalue weighted by Crippen LogP contribution is 2.38. The van der Waals surface area contributed by atoms with Gasteiger partial charge in [0.15, 0.2) is 5.17 Å². The molecule has 5 rings (SSSR count). The number of nitrogens with one attached hydrogen (secondary N) is 1. The zero-order chi connectivity index (χ0) is 23.5. The highest BCUT2D eigenvalue weighted by molar-refractivity contribution is 8.15. The van der Waals surface area contributed by atoms with Gasteiger partial charge in [-0.2, -0.15) is 10.1 Å². The minimum absolute atomic E-state index is 0.000817. The van der Waals surface area contributed by atoms with Crippen LogP contribution < -0.4 is 5.32 Å². The molecule has 34 heavy (non-hydrogen) atoms. The molecule has 2 aliphatic rings. The first-order valence-corrected chi connectivity index (χ1v) is 12.1. The van der Waals surface area contributed by atoms with E-state index in [0.717, 1.165) is 16.8 Å². The summed E-state index contributed by atoms with van der Waals surface area (Å²) in [6.07, 6.45) is 0.695. The maximum Gasteiger partial charge on any atom is 0.262 e. The number of halogens is 1. The predicted octanol–water partition coefficient (Wildman–Crippen LogP) is 5.52. The van der Waals surface area contributed by atoms with E-state index in [4.69, 9.17) is 16.7 Å². The van der Waals surface area contributed by atoms with E-state index < -0.39 is 5.25 Å². The van der Waals surface area contributed by atoms with Gasteiger partial charge in [0.05, 0.1) is 22.5 Å². The van der Waals surface area contributed by atoms with Gasteiger partial charge in [-0.05, 0) is 23.3 Å². The first-order chi connectivity index (χ1) is 16.6. The number of aliphatic imine (C=N–C) groups is 1. The van der Waals surface area contributed by atoms with E-state index in [2.05, 4.69) is 22.4 Å². The number of hydrazone groups is 1. The van der Waals surface area contributed by atoms with Gasteiger partial charge in [0.2, 0.25) is 5.91 Å². The zero-order valence-corrected chi connectivity index (χ0v) is 19.7. The lowest BCUT2D eigenvalue weighted by Gasteiger charge is -2.23. The van der Waals surface area contributed by atoms with Gasteiger partial charge in [-0.3, -0.25) is 9.59 Å². The van der Waals surface area contributed by atoms with E-state index in [-0.39, 0.29) is 24.3 Å². The summed E-state index contributed by atoms with van der Waals surface area (Å²) in [5.74, 6) is -0.616. The van der Waals surface area contributed by atoms with Crippen molar-refractivity contribution in [3.05, 3.63) is 101 Å². The molecule has 170 valence electrons. The monoisotopic (exact) mass is 488 g/mol. The Labute approximate surface area is 206 Å². The molecule has 2 aliphatic heterocycles. The number of hydrogen-bond donors (Lipinski definition) is 1. The van der Waals surface area contributed by atoms with Crippen molar-refractivity contribution >= 4 is 51.7 Å². The molecule has 0 saturated heterocycles. The van der Waals surface area contributed by atoms with Crippen LogP contribution >= 0.6 is 23.4 Å². The molecule has 2 unspecified atom stereocenters. The summed E-state index contributed by atoms with van der Waals surface area (Å²) in [4.78, 5) is 29.6. The molecule has 0 radical (unpaired) electrons. The number of amidine groups is 1. The Hall–Kier alpha value is -3.42. The van der Waals surface area contributed by atoms with Crippen LogP contribution in [0, 0.1) is 0 Å². The van der Waals surface area contributed by atoms with Gasteiger partial charge in [0.1, 0.15) is 5.25 Å². The predicted molar refractivity (Wildman–Crippen MR) is 137 cm³/mol. The summed E-state index contributed by atoms with van der Waals surface area (Å²) in [5.41, 5.74) is 3.58. The lowest BCUT2D eigenvalue weighted by molar-refractivity contribution is -0.121. The van der Waals surface area contributed by atoms with Gasteiger partial charge in [0.25, 0.3) is 5.91 Å². The molecule has 0 bridgehead atoms. The molecule has 2 amide bonds. The topological polar surface area (TPSA) is 74.1 Å². The molecule has 3 aromatic carbocycles. The number of anilines is 1. The van der Waals surface area contributed by atoms with Crippen molar-refractivity contribution in [2.45, 2.75) is 24.1 Å². The molecular formula is C26H21ClN4O2S. The average molecular weight is 489 g/mol. The van der Waals surface area contributed by atoms with Crippen LogP contribution in [0.5, 0.6) is 0 Å². The number of benzene rings is 3. The molecule has 2 atom stereocenters. The largest absolute Gasteiger partial charge is 0.325 e. The van der Waals surface area contributed by atoms with E-state index in [9.17, 15) is 9.59 Å². The Bertz CT molecular complexity index is 1280. The van der Waals surface area contributed by atoms with Crippen LogP contribution in [0.2, 0.25) is 5.02 Å². The smallest absolute Gasteiger partial charge is 0.262 e. The van der Waals surface area contributed by atoms with Gasteiger partial charge < -0.3 is 5.32 Å². The number of nitrogens with zero attached hydrogens (tertiary/aromatic N) is 3. The number of thioether (sulfide) groups is 1. The van der Waals surface area contributed by atoms with Crippen LogP contribution in [0.25, 0.3) is 0 Å². The van der Waals surface area contributed by atoms with Crippen LogP contribution in [-0.2, 0) is 9.59 Å². The third-order valence-electron chi connectivity index (χ3n) is 5.65. The van der Waals surface area contributed by atoms with Crippen molar-refractivity contribution in [2.75, 3.05) is 5.32 Å². The van der Waals surface area contributed by atoms with Crippen LogP contribution in [0.3, 0.4) is 0 Å². The summed E-state index contributed by atoms with van der Waals surface area (Å²) < 4.78 is 0. The quantitative estimate of drug-likeness (QED) is 0.513. The van der Waals surface area contributed by atoms with Crippen molar-refractivity contribution in [1.82, 2.24) is 5.01 Å². The van der Waals surface area contributed by atoms with E-state index in [0.29, 0.717) is 22.3 Å². The first-order valence-electron chi connectivity index (χ1n) is 10.9. The summed E-state index contributed by atoms with van der Waals surface area (Å²) >= 11 is 7.41. The highest BCUT2D eigenvalue weighted by atomic mass is 35.5. The van der Waals surface area contributed by atoms with Crippen LogP contribution in [-0.4, -0.2) is 33.0 Å². The average Bonchev–Trinajstić information content (AvgIpc) is 3.46. The number of carbonyl (C=O) groups excluding carboxylic acids is 2. The molecule has 0 aliphatic carbocycles. The van der Waals surface area contributed by atoms with Crippen molar-refractivity contribution in [2.24, 2.45) is 10.1 Å². The summed E-state index contributed by atoms with van der Waals surface area (Å²) in [7, 11) is 0. The fraction of sp³-hybridized carbons (Fsp3) is 0.154. The molecule has 0 spiro atoms. The molecule has 1 N–H and O–H groups in total. The van der Waals surface area contributed by atoms with Gasteiger partial charge in [-0.1, -0.05) is 96.2 Å². The minimum Gasteiger partial charge on any atom is -0.325 e. The number of amides is 2. The maximum atomic E-state index is 12.7. The van der Waals surface area contributed by atoms with Gasteiger partial charge in [-0.25, -0.2) is 5.01 Å². The summed E-state index contributed by atoms with van der Waals surface area (Å²) in [5, 5.41) is 9.81.